The summed E-state index contributed by atoms with van der Waals surface area (Å²) in [5.74, 6) is -1.40. The fraction of sp³-hybridized carbons (Fsp3) is 0.188. The largest absolute Gasteiger partial charge is 0.478 e. The van der Waals surface area contributed by atoms with Crippen LogP contribution in [0.25, 0.3) is 0 Å². The Morgan fingerprint density at radius 3 is 2.85 bits per heavy atom. The van der Waals surface area contributed by atoms with E-state index in [-0.39, 0.29) is 11.4 Å². The van der Waals surface area contributed by atoms with Crippen molar-refractivity contribution in [3.8, 4) is 0 Å². The maximum absolute atomic E-state index is 13.8. The third-order valence-corrected chi connectivity index (χ3v) is 3.64. The van der Waals surface area contributed by atoms with E-state index in [9.17, 15) is 9.18 Å². The van der Waals surface area contributed by atoms with Crippen molar-refractivity contribution < 1.29 is 14.3 Å². The number of halogens is 1. The number of fused-ring (bicyclic) bond motifs is 1. The smallest absolute Gasteiger partial charge is 0.335 e. The monoisotopic (exact) mass is 271 g/mol. The number of aromatic carboxylic acids is 1. The minimum absolute atomic E-state index is 0.119. The Morgan fingerprint density at radius 1 is 1.25 bits per heavy atom. The number of carboxylic acids is 1. The van der Waals surface area contributed by atoms with Crippen LogP contribution in [0.4, 0.5) is 10.1 Å². The van der Waals surface area contributed by atoms with Gasteiger partial charge in [-0.3, -0.25) is 0 Å². The van der Waals surface area contributed by atoms with Crippen molar-refractivity contribution in [2.45, 2.75) is 13.0 Å². The Hall–Kier alpha value is -2.36. The van der Waals surface area contributed by atoms with Gasteiger partial charge < -0.3 is 10.0 Å². The van der Waals surface area contributed by atoms with Gasteiger partial charge in [-0.2, -0.15) is 0 Å². The summed E-state index contributed by atoms with van der Waals surface area (Å²) in [4.78, 5) is 13.0. The summed E-state index contributed by atoms with van der Waals surface area (Å²) in [6.45, 7) is 1.22. The van der Waals surface area contributed by atoms with Gasteiger partial charge >= 0.3 is 5.97 Å². The van der Waals surface area contributed by atoms with E-state index in [2.05, 4.69) is 11.0 Å². The molecule has 3 nitrogen and oxygen atoms in total. The topological polar surface area (TPSA) is 40.5 Å². The number of carboxylic acid groups (broad SMARTS) is 1. The molecule has 0 fully saturated rings. The lowest BCUT2D eigenvalue weighted by atomic mass is 10.1. The van der Waals surface area contributed by atoms with Gasteiger partial charge in [0.15, 0.2) is 0 Å². The Kier molecular flexibility index (Phi) is 3.14. The van der Waals surface area contributed by atoms with Crippen molar-refractivity contribution in [3.63, 3.8) is 0 Å². The normalized spacial score (nSPS) is 13.3. The highest BCUT2D eigenvalue weighted by molar-refractivity contribution is 5.87. The summed E-state index contributed by atoms with van der Waals surface area (Å²) >= 11 is 0. The second kappa shape index (κ2) is 4.96. The molecule has 1 aliphatic heterocycles. The molecular weight excluding hydrogens is 257 g/mol. The number of benzene rings is 2. The lowest BCUT2D eigenvalue weighted by Crippen LogP contribution is -2.20. The van der Waals surface area contributed by atoms with Crippen molar-refractivity contribution in [2.24, 2.45) is 0 Å². The minimum atomic E-state index is -1.03. The van der Waals surface area contributed by atoms with Crippen molar-refractivity contribution in [3.05, 3.63) is 65.0 Å². The van der Waals surface area contributed by atoms with Gasteiger partial charge in [0.2, 0.25) is 0 Å². The zero-order valence-electron chi connectivity index (χ0n) is 10.8. The lowest BCUT2D eigenvalue weighted by Gasteiger charge is -2.20. The molecular formula is C16H14FNO2. The molecule has 0 unspecified atom stereocenters. The number of carbonyl (C=O) groups is 1. The van der Waals surface area contributed by atoms with E-state index in [1.54, 1.807) is 0 Å². The molecule has 1 N–H and O–H groups in total. The molecule has 1 aliphatic rings. The zero-order valence-corrected chi connectivity index (χ0v) is 10.8. The van der Waals surface area contributed by atoms with Gasteiger partial charge in [-0.25, -0.2) is 9.18 Å². The number of nitrogens with zero attached hydrogens (tertiary/aromatic N) is 1. The first-order valence-corrected chi connectivity index (χ1v) is 6.50. The Labute approximate surface area is 116 Å². The second-order valence-electron chi connectivity index (χ2n) is 4.91. The molecule has 4 heteroatoms. The van der Waals surface area contributed by atoms with E-state index in [1.807, 2.05) is 18.2 Å². The number of hydrogen-bond donors (Lipinski definition) is 1. The van der Waals surface area contributed by atoms with Crippen LogP contribution >= 0.6 is 0 Å². The average Bonchev–Trinajstić information content (AvgIpc) is 2.84. The van der Waals surface area contributed by atoms with Gasteiger partial charge in [-0.1, -0.05) is 18.2 Å². The van der Waals surface area contributed by atoms with E-state index in [4.69, 9.17) is 5.11 Å². The molecule has 20 heavy (non-hydrogen) atoms. The maximum Gasteiger partial charge on any atom is 0.335 e. The summed E-state index contributed by atoms with van der Waals surface area (Å²) < 4.78 is 13.8. The van der Waals surface area contributed by atoms with Crippen LogP contribution in [0.1, 0.15) is 21.5 Å². The molecule has 3 rings (SSSR count). The molecule has 0 saturated heterocycles. The quantitative estimate of drug-likeness (QED) is 0.932. The second-order valence-corrected chi connectivity index (χ2v) is 4.91. The highest BCUT2D eigenvalue weighted by Gasteiger charge is 2.20. The molecule has 0 spiro atoms. The molecule has 0 aromatic heterocycles. The van der Waals surface area contributed by atoms with E-state index in [0.29, 0.717) is 12.1 Å². The molecule has 0 bridgehead atoms. The van der Waals surface area contributed by atoms with Gasteiger partial charge in [0.05, 0.1) is 5.56 Å². The maximum atomic E-state index is 13.8. The number of para-hydroxylation sites is 1. The van der Waals surface area contributed by atoms with Crippen LogP contribution < -0.4 is 4.90 Å². The predicted molar refractivity (Wildman–Crippen MR) is 74.6 cm³/mol. The van der Waals surface area contributed by atoms with Gasteiger partial charge in [-0.15, -0.1) is 0 Å². The average molecular weight is 271 g/mol. The highest BCUT2D eigenvalue weighted by atomic mass is 19.1. The van der Waals surface area contributed by atoms with Crippen LogP contribution in [0.3, 0.4) is 0 Å². The Balaban J connectivity index is 1.89. The zero-order chi connectivity index (χ0) is 14.1. The molecule has 0 atom stereocenters. The lowest BCUT2D eigenvalue weighted by molar-refractivity contribution is 0.0696. The van der Waals surface area contributed by atoms with Crippen LogP contribution in [0.15, 0.2) is 42.5 Å². The van der Waals surface area contributed by atoms with E-state index in [1.165, 1.54) is 23.8 Å². The first-order chi connectivity index (χ1) is 9.65. The SMILES string of the molecule is O=C(O)c1ccc(F)c(CN2CCc3ccccc32)c1. The molecule has 0 aliphatic carbocycles. The number of anilines is 1. The van der Waals surface area contributed by atoms with Crippen LogP contribution in [-0.2, 0) is 13.0 Å². The van der Waals surface area contributed by atoms with Crippen molar-refractivity contribution in [1.82, 2.24) is 0 Å². The fourth-order valence-electron chi connectivity index (χ4n) is 2.61. The summed E-state index contributed by atoms with van der Waals surface area (Å²) in [6.07, 6.45) is 0.941. The van der Waals surface area contributed by atoms with Crippen molar-refractivity contribution in [1.29, 1.82) is 0 Å². The molecule has 0 radical (unpaired) electrons. The van der Waals surface area contributed by atoms with E-state index >= 15 is 0 Å². The number of hydrogen-bond acceptors (Lipinski definition) is 2. The van der Waals surface area contributed by atoms with Crippen LogP contribution in [0, 0.1) is 5.82 Å². The molecule has 2 aromatic rings. The van der Waals surface area contributed by atoms with Gasteiger partial charge in [0, 0.05) is 24.3 Å². The summed E-state index contributed by atoms with van der Waals surface area (Å²) in [7, 11) is 0. The van der Waals surface area contributed by atoms with Gasteiger partial charge in [-0.05, 0) is 36.2 Å². The summed E-state index contributed by atoms with van der Waals surface area (Å²) in [5.41, 5.74) is 2.89. The molecule has 102 valence electrons. The molecule has 0 amide bonds. The van der Waals surface area contributed by atoms with Gasteiger partial charge in [0.1, 0.15) is 5.82 Å². The van der Waals surface area contributed by atoms with Crippen molar-refractivity contribution >= 4 is 11.7 Å². The van der Waals surface area contributed by atoms with Crippen LogP contribution in [0.5, 0.6) is 0 Å². The van der Waals surface area contributed by atoms with Crippen LogP contribution in [0.2, 0.25) is 0 Å². The van der Waals surface area contributed by atoms with Gasteiger partial charge in [0.25, 0.3) is 0 Å². The first-order valence-electron chi connectivity index (χ1n) is 6.50. The third kappa shape index (κ3) is 2.25. The predicted octanol–water partition coefficient (Wildman–Crippen LogP) is 3.09. The molecule has 2 aromatic carbocycles. The third-order valence-electron chi connectivity index (χ3n) is 3.64. The summed E-state index contributed by atoms with van der Waals surface area (Å²) in [6, 6.07) is 12.0. The Bertz CT molecular complexity index is 669. The van der Waals surface area contributed by atoms with Crippen LogP contribution in [-0.4, -0.2) is 17.6 Å². The minimum Gasteiger partial charge on any atom is -0.478 e. The highest BCUT2D eigenvalue weighted by Crippen LogP contribution is 2.29. The first kappa shape index (κ1) is 12.7. The fourth-order valence-corrected chi connectivity index (χ4v) is 2.61. The van der Waals surface area contributed by atoms with E-state index in [0.717, 1.165) is 18.7 Å². The molecule has 0 saturated carbocycles. The Morgan fingerprint density at radius 2 is 2.05 bits per heavy atom. The standard InChI is InChI=1S/C16H14FNO2/c17-14-6-5-12(16(19)20)9-13(14)10-18-8-7-11-3-1-2-4-15(11)18/h1-6,9H,7-8,10H2,(H,19,20). The molecule has 1 heterocycles. The number of rotatable bonds is 3. The van der Waals surface area contributed by atoms with Crippen molar-refractivity contribution in [2.75, 3.05) is 11.4 Å². The van der Waals surface area contributed by atoms with E-state index < -0.39 is 5.97 Å². The summed E-state index contributed by atoms with van der Waals surface area (Å²) in [5, 5.41) is 8.98.